The normalized spacial score (nSPS) is 14.1. The van der Waals surface area contributed by atoms with Gasteiger partial charge in [0.05, 0.1) is 40.5 Å². The summed E-state index contributed by atoms with van der Waals surface area (Å²) in [5.74, 6) is -1.89. The zero-order valence-electron chi connectivity index (χ0n) is 30.9. The Kier molecular flexibility index (Phi) is 10.3. The molecule has 2 heterocycles. The number of benzene rings is 6. The van der Waals surface area contributed by atoms with Gasteiger partial charge in [0.15, 0.2) is 0 Å². The summed E-state index contributed by atoms with van der Waals surface area (Å²) in [6.45, 7) is -0.0320. The van der Waals surface area contributed by atoms with Crippen LogP contribution in [-0.4, -0.2) is 38.2 Å². The highest BCUT2D eigenvalue weighted by molar-refractivity contribution is 6.20. The second kappa shape index (κ2) is 16.1. The molecule has 0 unspecified atom stereocenters. The molecule has 2 amide bonds. The molecule has 0 saturated carbocycles. The number of amides is 2. The maximum Gasteiger partial charge on any atom is 0.276 e. The van der Waals surface area contributed by atoms with Crippen molar-refractivity contribution in [2.45, 2.75) is 18.2 Å². The Morgan fingerprint density at radius 2 is 1.31 bits per heavy atom. The minimum absolute atomic E-state index is 0.0320. The first-order valence-electron chi connectivity index (χ1n) is 18.5. The van der Waals surface area contributed by atoms with E-state index in [2.05, 4.69) is 41.7 Å². The number of nitro groups is 1. The monoisotopic (exact) mass is 766 g/mol. The van der Waals surface area contributed by atoms with Crippen molar-refractivity contribution >= 4 is 35.0 Å². The highest BCUT2D eigenvalue weighted by Gasteiger charge is 2.39. The average molecular weight is 767 g/mol. The van der Waals surface area contributed by atoms with E-state index < -0.39 is 34.3 Å². The number of aliphatic imine (C=N–C) groups is 1. The molecule has 8 rings (SSSR count). The van der Waals surface area contributed by atoms with Crippen LogP contribution in [0.1, 0.15) is 39.1 Å². The van der Waals surface area contributed by atoms with E-state index in [1.54, 1.807) is 54.9 Å². The zero-order valence-corrected chi connectivity index (χ0v) is 30.9. The molecule has 1 aliphatic heterocycles. The van der Waals surface area contributed by atoms with Gasteiger partial charge in [-0.15, -0.1) is 0 Å². The van der Waals surface area contributed by atoms with E-state index in [4.69, 9.17) is 9.98 Å². The lowest BCUT2D eigenvalue weighted by molar-refractivity contribution is -0.385. The van der Waals surface area contributed by atoms with Crippen LogP contribution in [0.15, 0.2) is 187 Å². The number of rotatable bonds is 11. The van der Waals surface area contributed by atoms with Gasteiger partial charge in [0.25, 0.3) is 11.6 Å². The Hall–Kier alpha value is -7.79. The number of hydrogen-bond donors (Lipinski definition) is 1. The summed E-state index contributed by atoms with van der Waals surface area (Å²) in [5.41, 5.74) is 3.89. The van der Waals surface area contributed by atoms with Crippen molar-refractivity contribution < 1.29 is 18.9 Å². The lowest BCUT2D eigenvalue weighted by Crippen LogP contribution is -2.46. The Balaban J connectivity index is 1.22. The zero-order chi connectivity index (χ0) is 40.1. The first-order valence-corrected chi connectivity index (χ1v) is 18.5. The molecule has 284 valence electrons. The van der Waals surface area contributed by atoms with Gasteiger partial charge in [0.1, 0.15) is 11.4 Å². The molecule has 0 fully saturated rings. The predicted molar refractivity (Wildman–Crippen MR) is 221 cm³/mol. The Morgan fingerprint density at radius 3 is 1.93 bits per heavy atom. The van der Waals surface area contributed by atoms with E-state index in [9.17, 15) is 19.7 Å². The van der Waals surface area contributed by atoms with Crippen molar-refractivity contribution in [3.8, 4) is 0 Å². The Bertz CT molecular complexity index is 2580. The molecule has 0 saturated heterocycles. The number of anilines is 1. The number of para-hydroxylation sites is 2. The van der Waals surface area contributed by atoms with Gasteiger partial charge in [0.2, 0.25) is 12.1 Å². The van der Waals surface area contributed by atoms with Crippen molar-refractivity contribution in [1.82, 2.24) is 14.9 Å². The molecule has 0 bridgehead atoms. The average Bonchev–Trinajstić information content (AvgIpc) is 3.70. The van der Waals surface area contributed by atoms with Gasteiger partial charge in [-0.1, -0.05) is 133 Å². The standard InChI is InChI=1S/C47H35FN6O4/c48-40-25-13-11-23-38(40)44-39-24-12-15-27-42(39)53(46(56)45(51-44)50-43(55)29-28-33-16-10-14-26-41(33)54(57)58)31-37-30-52(32-49-37)47(34-17-4-1-5-18-34,35-19-6-2-7-20-35)36-21-8-3-9-22-36/h1-30,32,45H,31H2,(H,50,55)/b29-28+/t45-/m0/s1. The number of aromatic nitrogens is 2. The van der Waals surface area contributed by atoms with E-state index in [1.165, 1.54) is 35.2 Å². The van der Waals surface area contributed by atoms with E-state index in [1.807, 2.05) is 65.4 Å². The minimum Gasteiger partial charge on any atom is -0.323 e. The number of fused-ring (bicyclic) bond motifs is 1. The van der Waals surface area contributed by atoms with Crippen LogP contribution in [0, 0.1) is 15.9 Å². The number of benzodiazepines with no additional fused rings is 1. The summed E-state index contributed by atoms with van der Waals surface area (Å²) >= 11 is 0. The Morgan fingerprint density at radius 1 is 0.759 bits per heavy atom. The van der Waals surface area contributed by atoms with Gasteiger partial charge >= 0.3 is 0 Å². The summed E-state index contributed by atoms with van der Waals surface area (Å²) in [5, 5.41) is 14.3. The number of halogens is 1. The van der Waals surface area contributed by atoms with Crippen molar-refractivity contribution in [1.29, 1.82) is 0 Å². The molecule has 11 heteroatoms. The Labute approximate surface area is 333 Å². The van der Waals surface area contributed by atoms with Gasteiger partial charge < -0.3 is 14.8 Å². The van der Waals surface area contributed by atoms with E-state index >= 15 is 4.39 Å². The van der Waals surface area contributed by atoms with E-state index in [0.29, 0.717) is 16.9 Å². The number of carbonyl (C=O) groups is 2. The first kappa shape index (κ1) is 37.1. The largest absolute Gasteiger partial charge is 0.323 e. The van der Waals surface area contributed by atoms with Crippen LogP contribution in [0.2, 0.25) is 0 Å². The molecule has 0 spiro atoms. The third kappa shape index (κ3) is 7.08. The van der Waals surface area contributed by atoms with Crippen LogP contribution < -0.4 is 10.2 Å². The number of nitrogens with zero attached hydrogens (tertiary/aromatic N) is 5. The maximum atomic E-state index is 15.5. The van der Waals surface area contributed by atoms with E-state index in [0.717, 1.165) is 22.8 Å². The van der Waals surface area contributed by atoms with Gasteiger partial charge in [0, 0.05) is 29.5 Å². The number of nitro benzene ring substituents is 1. The SMILES string of the molecule is O=C(/C=C/c1ccccc1[N+](=O)[O-])N[C@H]1N=C(c2ccccc2F)c2ccccc2N(Cc2cn(C(c3ccccc3)(c3ccccc3)c3ccccc3)cn2)C1=O. The summed E-state index contributed by atoms with van der Waals surface area (Å²) in [4.78, 5) is 50.4. The van der Waals surface area contributed by atoms with Crippen LogP contribution in [-0.2, 0) is 21.7 Å². The van der Waals surface area contributed by atoms with Crippen LogP contribution in [0.5, 0.6) is 0 Å². The maximum absolute atomic E-state index is 15.5. The van der Waals surface area contributed by atoms with Gasteiger partial charge in [-0.2, -0.15) is 0 Å². The van der Waals surface area contributed by atoms with Crippen LogP contribution in [0.3, 0.4) is 0 Å². The molecule has 7 aromatic rings. The molecular formula is C47H35FN6O4. The number of imidazole rings is 1. The fourth-order valence-electron chi connectivity index (χ4n) is 7.47. The first-order chi connectivity index (χ1) is 28.3. The lowest BCUT2D eigenvalue weighted by atomic mass is 9.77. The second-order valence-electron chi connectivity index (χ2n) is 13.5. The summed E-state index contributed by atoms with van der Waals surface area (Å²) in [6, 6.07) is 49.5. The van der Waals surface area contributed by atoms with Crippen molar-refractivity contribution in [2.24, 2.45) is 4.99 Å². The van der Waals surface area contributed by atoms with Crippen LogP contribution >= 0.6 is 0 Å². The molecule has 10 nitrogen and oxygen atoms in total. The molecule has 1 aromatic heterocycles. The van der Waals surface area contributed by atoms with Crippen molar-refractivity contribution in [2.75, 3.05) is 4.90 Å². The fraction of sp³-hybridized carbons (Fsp3) is 0.0638. The highest BCUT2D eigenvalue weighted by atomic mass is 19.1. The van der Waals surface area contributed by atoms with E-state index in [-0.39, 0.29) is 29.1 Å². The smallest absolute Gasteiger partial charge is 0.276 e. The van der Waals surface area contributed by atoms with Crippen LogP contribution in [0.4, 0.5) is 15.8 Å². The van der Waals surface area contributed by atoms with Gasteiger partial charge in [-0.25, -0.2) is 14.4 Å². The summed E-state index contributed by atoms with van der Waals surface area (Å²) in [6.07, 6.45) is 4.56. The fourth-order valence-corrected chi connectivity index (χ4v) is 7.47. The van der Waals surface area contributed by atoms with Crippen molar-refractivity contribution in [3.63, 3.8) is 0 Å². The molecule has 1 N–H and O–H groups in total. The second-order valence-corrected chi connectivity index (χ2v) is 13.5. The van der Waals surface area contributed by atoms with Crippen LogP contribution in [0.25, 0.3) is 6.08 Å². The third-order valence-corrected chi connectivity index (χ3v) is 10.1. The molecule has 0 aliphatic carbocycles. The van der Waals surface area contributed by atoms with Gasteiger partial charge in [-0.05, 0) is 47.0 Å². The topological polar surface area (TPSA) is 123 Å². The van der Waals surface area contributed by atoms with Crippen molar-refractivity contribution in [3.05, 3.63) is 237 Å². The quantitative estimate of drug-likeness (QED) is 0.0615. The molecule has 0 radical (unpaired) electrons. The lowest BCUT2D eigenvalue weighted by Gasteiger charge is -2.37. The molecule has 1 atom stereocenters. The number of carbonyl (C=O) groups excluding carboxylic acids is 2. The van der Waals surface area contributed by atoms with Gasteiger partial charge in [-0.3, -0.25) is 19.7 Å². The summed E-state index contributed by atoms with van der Waals surface area (Å²) < 4.78 is 17.6. The minimum atomic E-state index is -1.51. The molecule has 1 aliphatic rings. The predicted octanol–water partition coefficient (Wildman–Crippen LogP) is 8.31. The summed E-state index contributed by atoms with van der Waals surface area (Å²) in [7, 11) is 0. The molecule has 6 aromatic carbocycles. The third-order valence-electron chi connectivity index (χ3n) is 10.1. The number of nitrogens with one attached hydrogen (secondary N) is 1. The number of hydrogen-bond acceptors (Lipinski definition) is 6. The molecule has 58 heavy (non-hydrogen) atoms. The molecular weight excluding hydrogens is 732 g/mol. The highest BCUT2D eigenvalue weighted by Crippen LogP contribution is 2.41.